The fourth-order valence-electron chi connectivity index (χ4n) is 2.83. The van der Waals surface area contributed by atoms with Crippen LogP contribution < -0.4 is 5.32 Å². The first kappa shape index (κ1) is 22.2. The van der Waals surface area contributed by atoms with Gasteiger partial charge in [-0.1, -0.05) is 0 Å². The Labute approximate surface area is 168 Å². The van der Waals surface area contributed by atoms with Crippen LogP contribution in [0.4, 0.5) is 0 Å². The molecule has 1 fully saturated rings. The number of halogens is 1. The van der Waals surface area contributed by atoms with Gasteiger partial charge in [0.25, 0.3) is 0 Å². The van der Waals surface area contributed by atoms with Crippen LogP contribution in [0.25, 0.3) is 0 Å². The Bertz CT molecular complexity index is 501. The Morgan fingerprint density at radius 3 is 2.72 bits per heavy atom. The first-order valence-corrected chi connectivity index (χ1v) is 8.84. The van der Waals surface area contributed by atoms with Crippen molar-refractivity contribution in [3.63, 3.8) is 0 Å². The SMILES string of the molecule is CCNC(=NCc1cnn(C)c1)N1CCC(OCCCOC)CC1.I. The Morgan fingerprint density at radius 1 is 1.36 bits per heavy atom. The molecule has 1 aliphatic heterocycles. The number of aliphatic imine (C=N–C) groups is 1. The third kappa shape index (κ3) is 7.91. The standard InChI is InChI=1S/C17H31N5O2.HI/c1-4-18-17(19-12-15-13-20-21(2)14-15)22-8-6-16(7-9-22)24-11-5-10-23-3;/h13-14,16H,4-12H2,1-3H3,(H,18,19);1H. The molecule has 0 saturated carbocycles. The van der Waals surface area contributed by atoms with E-state index in [0.717, 1.165) is 63.6 Å². The molecule has 2 rings (SSSR count). The molecule has 0 amide bonds. The van der Waals surface area contributed by atoms with Gasteiger partial charge in [-0.2, -0.15) is 5.10 Å². The van der Waals surface area contributed by atoms with E-state index in [1.165, 1.54) is 0 Å². The van der Waals surface area contributed by atoms with E-state index in [4.69, 9.17) is 14.5 Å². The highest BCUT2D eigenvalue weighted by Crippen LogP contribution is 2.14. The fraction of sp³-hybridized carbons (Fsp3) is 0.765. The lowest BCUT2D eigenvalue weighted by molar-refractivity contribution is 0.00990. The lowest BCUT2D eigenvalue weighted by Gasteiger charge is -2.34. The molecular weight excluding hydrogens is 433 g/mol. The lowest BCUT2D eigenvalue weighted by atomic mass is 10.1. The molecule has 0 aliphatic carbocycles. The Morgan fingerprint density at radius 2 is 2.12 bits per heavy atom. The molecule has 8 heteroatoms. The number of hydrogen-bond donors (Lipinski definition) is 1. The molecule has 0 atom stereocenters. The maximum atomic E-state index is 5.93. The van der Waals surface area contributed by atoms with Crippen molar-refractivity contribution in [2.45, 2.75) is 38.8 Å². The number of methoxy groups -OCH3 is 1. The van der Waals surface area contributed by atoms with Crippen LogP contribution in [0.3, 0.4) is 0 Å². The molecule has 0 radical (unpaired) electrons. The topological polar surface area (TPSA) is 63.9 Å². The molecule has 1 aliphatic rings. The van der Waals surface area contributed by atoms with Gasteiger partial charge in [0.15, 0.2) is 5.96 Å². The number of ether oxygens (including phenoxy) is 2. The van der Waals surface area contributed by atoms with Crippen LogP contribution >= 0.6 is 24.0 Å². The number of likely N-dealkylation sites (tertiary alicyclic amines) is 1. The van der Waals surface area contributed by atoms with Crippen molar-refractivity contribution >= 4 is 29.9 Å². The monoisotopic (exact) mass is 465 g/mol. The molecule has 0 spiro atoms. The third-order valence-electron chi connectivity index (χ3n) is 4.09. The maximum Gasteiger partial charge on any atom is 0.194 e. The lowest BCUT2D eigenvalue weighted by Crippen LogP contribution is -2.47. The van der Waals surface area contributed by atoms with E-state index in [-0.39, 0.29) is 24.0 Å². The van der Waals surface area contributed by atoms with Crippen molar-refractivity contribution in [2.24, 2.45) is 12.0 Å². The molecule has 1 aromatic heterocycles. The summed E-state index contributed by atoms with van der Waals surface area (Å²) in [5.74, 6) is 0.985. The van der Waals surface area contributed by atoms with Gasteiger partial charge in [-0.15, -0.1) is 24.0 Å². The first-order valence-electron chi connectivity index (χ1n) is 8.84. The van der Waals surface area contributed by atoms with E-state index >= 15 is 0 Å². The van der Waals surface area contributed by atoms with E-state index < -0.39 is 0 Å². The number of hydrogen-bond acceptors (Lipinski definition) is 4. The van der Waals surface area contributed by atoms with Gasteiger partial charge in [0.2, 0.25) is 0 Å². The number of aryl methyl sites for hydroxylation is 1. The van der Waals surface area contributed by atoms with E-state index in [0.29, 0.717) is 12.6 Å². The highest BCUT2D eigenvalue weighted by molar-refractivity contribution is 14.0. The zero-order valence-electron chi connectivity index (χ0n) is 15.6. The number of nitrogens with zero attached hydrogens (tertiary/aromatic N) is 4. The summed E-state index contributed by atoms with van der Waals surface area (Å²) in [7, 11) is 3.65. The molecular formula is C17H32IN5O2. The minimum atomic E-state index is 0. The second kappa shape index (κ2) is 12.5. The number of piperidine rings is 1. The van der Waals surface area contributed by atoms with E-state index in [2.05, 4.69) is 22.2 Å². The molecule has 144 valence electrons. The van der Waals surface area contributed by atoms with Gasteiger partial charge in [-0.25, -0.2) is 4.99 Å². The second-order valence-electron chi connectivity index (χ2n) is 6.10. The van der Waals surface area contributed by atoms with Crippen LogP contribution in [-0.4, -0.2) is 66.7 Å². The van der Waals surface area contributed by atoms with Gasteiger partial charge in [0.05, 0.1) is 18.8 Å². The van der Waals surface area contributed by atoms with Crippen molar-refractivity contribution in [3.05, 3.63) is 18.0 Å². The summed E-state index contributed by atoms with van der Waals surface area (Å²) in [6.07, 6.45) is 7.29. The number of guanidine groups is 1. The van der Waals surface area contributed by atoms with E-state index in [9.17, 15) is 0 Å². The van der Waals surface area contributed by atoms with Gasteiger partial charge >= 0.3 is 0 Å². The first-order chi connectivity index (χ1) is 11.7. The van der Waals surface area contributed by atoms with Crippen molar-refractivity contribution in [2.75, 3.05) is 40.0 Å². The summed E-state index contributed by atoms with van der Waals surface area (Å²) in [5.41, 5.74) is 1.13. The summed E-state index contributed by atoms with van der Waals surface area (Å²) in [5, 5.41) is 7.59. The number of aromatic nitrogens is 2. The molecule has 2 heterocycles. The minimum absolute atomic E-state index is 0. The predicted molar refractivity (Wildman–Crippen MR) is 110 cm³/mol. The Balaban J connectivity index is 0.00000312. The van der Waals surface area contributed by atoms with E-state index in [1.54, 1.807) is 7.11 Å². The summed E-state index contributed by atoms with van der Waals surface area (Å²) >= 11 is 0. The number of nitrogens with one attached hydrogen (secondary N) is 1. The summed E-state index contributed by atoms with van der Waals surface area (Å²) in [4.78, 5) is 7.08. The molecule has 0 bridgehead atoms. The molecule has 7 nitrogen and oxygen atoms in total. The van der Waals surface area contributed by atoms with Crippen LogP contribution in [0, 0.1) is 0 Å². The smallest absolute Gasteiger partial charge is 0.194 e. The highest BCUT2D eigenvalue weighted by atomic mass is 127. The Kier molecular flexibility index (Phi) is 11.1. The molecule has 1 N–H and O–H groups in total. The average molecular weight is 465 g/mol. The van der Waals surface area contributed by atoms with Crippen LogP contribution in [-0.2, 0) is 23.1 Å². The van der Waals surface area contributed by atoms with Crippen molar-refractivity contribution < 1.29 is 9.47 Å². The fourth-order valence-corrected chi connectivity index (χ4v) is 2.83. The third-order valence-corrected chi connectivity index (χ3v) is 4.09. The zero-order chi connectivity index (χ0) is 17.2. The molecule has 1 aromatic rings. The summed E-state index contributed by atoms with van der Waals surface area (Å²) in [6.45, 7) is 7.15. The van der Waals surface area contributed by atoms with Crippen LogP contribution in [0.5, 0.6) is 0 Å². The zero-order valence-corrected chi connectivity index (χ0v) is 17.9. The molecule has 1 saturated heterocycles. The highest BCUT2D eigenvalue weighted by Gasteiger charge is 2.21. The van der Waals surface area contributed by atoms with Crippen molar-refractivity contribution in [1.82, 2.24) is 20.0 Å². The quantitative estimate of drug-likeness (QED) is 0.276. The van der Waals surface area contributed by atoms with E-state index in [1.807, 2.05) is 24.1 Å². The maximum absolute atomic E-state index is 5.93. The molecule has 0 aromatic carbocycles. The Hall–Kier alpha value is -0.870. The van der Waals surface area contributed by atoms with Crippen molar-refractivity contribution in [3.8, 4) is 0 Å². The number of rotatable bonds is 8. The predicted octanol–water partition coefficient (Wildman–Crippen LogP) is 2.02. The largest absolute Gasteiger partial charge is 0.385 e. The van der Waals surface area contributed by atoms with Crippen LogP contribution in [0.15, 0.2) is 17.4 Å². The van der Waals surface area contributed by atoms with Crippen LogP contribution in [0.1, 0.15) is 31.7 Å². The van der Waals surface area contributed by atoms with Crippen LogP contribution in [0.2, 0.25) is 0 Å². The summed E-state index contributed by atoms with van der Waals surface area (Å²) < 4.78 is 12.8. The van der Waals surface area contributed by atoms with Gasteiger partial charge in [0, 0.05) is 58.8 Å². The van der Waals surface area contributed by atoms with Gasteiger partial charge in [-0.3, -0.25) is 4.68 Å². The summed E-state index contributed by atoms with van der Waals surface area (Å²) in [6, 6.07) is 0. The minimum Gasteiger partial charge on any atom is -0.385 e. The second-order valence-corrected chi connectivity index (χ2v) is 6.10. The van der Waals surface area contributed by atoms with Gasteiger partial charge in [0.1, 0.15) is 0 Å². The average Bonchev–Trinajstić information content (AvgIpc) is 3.01. The van der Waals surface area contributed by atoms with Gasteiger partial charge < -0.3 is 19.7 Å². The molecule has 25 heavy (non-hydrogen) atoms. The van der Waals surface area contributed by atoms with Crippen molar-refractivity contribution in [1.29, 1.82) is 0 Å². The normalized spacial score (nSPS) is 16.0. The molecule has 0 unspecified atom stereocenters. The van der Waals surface area contributed by atoms with Gasteiger partial charge in [-0.05, 0) is 26.2 Å².